The lowest BCUT2D eigenvalue weighted by molar-refractivity contribution is -0.383. The van der Waals surface area contributed by atoms with Crippen molar-refractivity contribution in [2.24, 2.45) is 0 Å². The van der Waals surface area contributed by atoms with Gasteiger partial charge >= 0.3 is 0 Å². The van der Waals surface area contributed by atoms with E-state index in [0.717, 1.165) is 0 Å². The van der Waals surface area contributed by atoms with E-state index in [9.17, 15) is 10.1 Å². The van der Waals surface area contributed by atoms with Crippen molar-refractivity contribution in [2.45, 2.75) is 0 Å². The molecule has 1 heterocycles. The Bertz CT molecular complexity index is 560. The zero-order valence-electron chi connectivity index (χ0n) is 8.63. The molecule has 0 spiro atoms. The van der Waals surface area contributed by atoms with Crippen LogP contribution in [0.5, 0.6) is 0 Å². The van der Waals surface area contributed by atoms with E-state index in [1.165, 1.54) is 6.07 Å². The fourth-order valence-electron chi connectivity index (χ4n) is 1.35. The predicted molar refractivity (Wildman–Crippen MR) is 68.3 cm³/mol. The second-order valence-electron chi connectivity index (χ2n) is 3.24. The fraction of sp³-hybridized carbons (Fsp3) is 0. The Labute approximate surface area is 106 Å². The minimum atomic E-state index is -0.430. The summed E-state index contributed by atoms with van der Waals surface area (Å²) in [6, 6.07) is 11.8. The van der Waals surface area contributed by atoms with E-state index in [-0.39, 0.29) is 5.69 Å². The van der Waals surface area contributed by atoms with Crippen LogP contribution in [0.4, 0.5) is 17.2 Å². The Kier molecular flexibility index (Phi) is 3.34. The molecule has 1 aromatic carbocycles. The van der Waals surface area contributed by atoms with Crippen molar-refractivity contribution in [1.82, 2.24) is 4.98 Å². The molecule has 5 nitrogen and oxygen atoms in total. The van der Waals surface area contributed by atoms with Crippen LogP contribution in [0.3, 0.4) is 0 Å². The lowest BCUT2D eigenvalue weighted by Crippen LogP contribution is -1.98. The molecule has 2 aromatic rings. The number of para-hydroxylation sites is 2. The van der Waals surface area contributed by atoms with Crippen LogP contribution in [-0.2, 0) is 0 Å². The zero-order valence-corrected chi connectivity index (χ0v) is 10.2. The number of nitrogens with zero attached hydrogens (tertiary/aromatic N) is 2. The molecule has 86 valence electrons. The molecule has 2 rings (SSSR count). The number of anilines is 2. The van der Waals surface area contributed by atoms with Gasteiger partial charge in [-0.1, -0.05) is 18.2 Å². The van der Waals surface area contributed by atoms with Crippen molar-refractivity contribution in [3.63, 3.8) is 0 Å². The third kappa shape index (κ3) is 2.79. The smallest absolute Gasteiger partial charge is 0.292 e. The average Bonchev–Trinajstić information content (AvgIpc) is 2.29. The minimum Gasteiger partial charge on any atom is -0.335 e. The molecule has 0 saturated carbocycles. The number of nitro groups is 1. The molecule has 0 aliphatic heterocycles. The number of benzene rings is 1. The number of halogens is 1. The SMILES string of the molecule is O=[N+]([O-])c1ccccc1Nc1cccc(Br)n1. The summed E-state index contributed by atoms with van der Waals surface area (Å²) in [6.45, 7) is 0. The molecular weight excluding hydrogens is 286 g/mol. The van der Waals surface area contributed by atoms with Gasteiger partial charge in [0.05, 0.1) is 4.92 Å². The highest BCUT2D eigenvalue weighted by atomic mass is 79.9. The maximum Gasteiger partial charge on any atom is 0.292 e. The monoisotopic (exact) mass is 293 g/mol. The van der Waals surface area contributed by atoms with Crippen LogP contribution in [0.1, 0.15) is 0 Å². The molecule has 0 aliphatic rings. The summed E-state index contributed by atoms with van der Waals surface area (Å²) in [5, 5.41) is 13.7. The Balaban J connectivity index is 2.33. The van der Waals surface area contributed by atoms with Crippen molar-refractivity contribution in [1.29, 1.82) is 0 Å². The van der Waals surface area contributed by atoms with Crippen LogP contribution in [0, 0.1) is 10.1 Å². The number of rotatable bonds is 3. The zero-order chi connectivity index (χ0) is 12.3. The number of hydrogen-bond donors (Lipinski definition) is 1. The lowest BCUT2D eigenvalue weighted by atomic mass is 10.2. The third-order valence-electron chi connectivity index (χ3n) is 2.08. The number of pyridine rings is 1. The van der Waals surface area contributed by atoms with E-state index >= 15 is 0 Å². The van der Waals surface area contributed by atoms with E-state index in [4.69, 9.17) is 0 Å². The number of hydrogen-bond acceptors (Lipinski definition) is 4. The van der Waals surface area contributed by atoms with Gasteiger partial charge in [-0.25, -0.2) is 4.98 Å². The summed E-state index contributed by atoms with van der Waals surface area (Å²) in [5.74, 6) is 0.550. The van der Waals surface area contributed by atoms with Gasteiger partial charge in [0.25, 0.3) is 5.69 Å². The lowest BCUT2D eigenvalue weighted by Gasteiger charge is -2.05. The topological polar surface area (TPSA) is 68.1 Å². The van der Waals surface area contributed by atoms with Gasteiger partial charge in [0.2, 0.25) is 0 Å². The maximum atomic E-state index is 10.8. The van der Waals surface area contributed by atoms with Crippen molar-refractivity contribution < 1.29 is 4.92 Å². The second-order valence-corrected chi connectivity index (χ2v) is 4.06. The number of nitrogens with one attached hydrogen (secondary N) is 1. The van der Waals surface area contributed by atoms with Gasteiger partial charge in [-0.05, 0) is 34.1 Å². The van der Waals surface area contributed by atoms with Crippen LogP contribution >= 0.6 is 15.9 Å². The minimum absolute atomic E-state index is 0.0225. The molecule has 0 unspecified atom stereocenters. The first kappa shape index (κ1) is 11.5. The summed E-state index contributed by atoms with van der Waals surface area (Å²) < 4.78 is 0.668. The Morgan fingerprint density at radius 1 is 1.18 bits per heavy atom. The first-order valence-electron chi connectivity index (χ1n) is 4.80. The molecule has 6 heteroatoms. The van der Waals surface area contributed by atoms with Crippen LogP contribution in [0.15, 0.2) is 47.1 Å². The van der Waals surface area contributed by atoms with Gasteiger partial charge < -0.3 is 5.32 Å². The molecule has 0 bridgehead atoms. The molecule has 1 N–H and O–H groups in total. The molecule has 0 saturated heterocycles. The first-order valence-corrected chi connectivity index (χ1v) is 5.59. The predicted octanol–water partition coefficient (Wildman–Crippen LogP) is 3.50. The molecule has 0 atom stereocenters. The Hall–Kier alpha value is -1.95. The maximum absolute atomic E-state index is 10.8. The largest absolute Gasteiger partial charge is 0.335 e. The van der Waals surface area contributed by atoms with E-state index in [0.29, 0.717) is 16.1 Å². The van der Waals surface area contributed by atoms with E-state index in [2.05, 4.69) is 26.2 Å². The summed E-state index contributed by atoms with van der Waals surface area (Å²) in [7, 11) is 0. The van der Waals surface area contributed by atoms with Crippen molar-refractivity contribution in [3.05, 3.63) is 57.2 Å². The van der Waals surface area contributed by atoms with Crippen molar-refractivity contribution in [2.75, 3.05) is 5.32 Å². The molecular formula is C11H8BrN3O2. The standard InChI is InChI=1S/C11H8BrN3O2/c12-10-6-3-7-11(14-10)13-8-4-1-2-5-9(8)15(16)17/h1-7H,(H,13,14). The van der Waals surface area contributed by atoms with Gasteiger partial charge in [-0.2, -0.15) is 0 Å². The van der Waals surface area contributed by atoms with Crippen LogP contribution in [-0.4, -0.2) is 9.91 Å². The fourth-order valence-corrected chi connectivity index (χ4v) is 1.70. The molecule has 1 aromatic heterocycles. The first-order chi connectivity index (χ1) is 8.16. The van der Waals surface area contributed by atoms with Gasteiger partial charge in [0.1, 0.15) is 16.1 Å². The van der Waals surface area contributed by atoms with Crippen LogP contribution in [0.25, 0.3) is 0 Å². The average molecular weight is 294 g/mol. The molecule has 0 amide bonds. The van der Waals surface area contributed by atoms with Crippen LogP contribution < -0.4 is 5.32 Å². The highest BCUT2D eigenvalue weighted by Gasteiger charge is 2.12. The molecule has 0 aliphatic carbocycles. The van der Waals surface area contributed by atoms with E-state index in [1.807, 2.05) is 0 Å². The third-order valence-corrected chi connectivity index (χ3v) is 2.52. The van der Waals surface area contributed by atoms with Gasteiger partial charge in [-0.15, -0.1) is 0 Å². The summed E-state index contributed by atoms with van der Waals surface area (Å²) in [6.07, 6.45) is 0. The van der Waals surface area contributed by atoms with Gasteiger partial charge in [0.15, 0.2) is 0 Å². The molecule has 0 radical (unpaired) electrons. The number of aromatic nitrogens is 1. The molecule has 0 fully saturated rings. The second kappa shape index (κ2) is 4.92. The summed E-state index contributed by atoms with van der Waals surface area (Å²) in [5.41, 5.74) is 0.442. The van der Waals surface area contributed by atoms with E-state index in [1.54, 1.807) is 36.4 Å². The Morgan fingerprint density at radius 2 is 1.94 bits per heavy atom. The van der Waals surface area contributed by atoms with E-state index < -0.39 is 4.92 Å². The normalized spacial score (nSPS) is 9.94. The van der Waals surface area contributed by atoms with Crippen molar-refractivity contribution >= 4 is 33.1 Å². The Morgan fingerprint density at radius 3 is 2.65 bits per heavy atom. The summed E-state index contributed by atoms with van der Waals surface area (Å²) in [4.78, 5) is 14.5. The molecule has 17 heavy (non-hydrogen) atoms. The van der Waals surface area contributed by atoms with Gasteiger partial charge in [-0.3, -0.25) is 10.1 Å². The van der Waals surface area contributed by atoms with Gasteiger partial charge in [0, 0.05) is 6.07 Å². The number of nitro benzene ring substituents is 1. The van der Waals surface area contributed by atoms with Crippen molar-refractivity contribution in [3.8, 4) is 0 Å². The summed E-state index contributed by atoms with van der Waals surface area (Å²) >= 11 is 3.24. The highest BCUT2D eigenvalue weighted by Crippen LogP contribution is 2.26. The quantitative estimate of drug-likeness (QED) is 0.534. The van der Waals surface area contributed by atoms with Crippen LogP contribution in [0.2, 0.25) is 0 Å². The highest BCUT2D eigenvalue weighted by molar-refractivity contribution is 9.10.